The summed E-state index contributed by atoms with van der Waals surface area (Å²) >= 11 is 0. The fraction of sp³-hybridized carbons (Fsp3) is 0.667. The summed E-state index contributed by atoms with van der Waals surface area (Å²) in [6, 6.07) is 4.04. The zero-order valence-electron chi connectivity index (χ0n) is 11.4. The number of aryl methyl sites for hydroxylation is 1. The van der Waals surface area contributed by atoms with Gasteiger partial charge in [0.2, 0.25) is 0 Å². The van der Waals surface area contributed by atoms with Gasteiger partial charge < -0.3 is 10.4 Å². The highest BCUT2D eigenvalue weighted by Crippen LogP contribution is 2.32. The molecule has 0 bridgehead atoms. The molecule has 100 valence electrons. The van der Waals surface area contributed by atoms with Crippen LogP contribution in [0, 0.1) is 12.8 Å². The third kappa shape index (κ3) is 3.09. The third-order valence-corrected chi connectivity index (χ3v) is 4.14. The van der Waals surface area contributed by atoms with Gasteiger partial charge in [-0.05, 0) is 37.3 Å². The topological polar surface area (TPSA) is 45.2 Å². The predicted molar refractivity (Wildman–Crippen MR) is 73.3 cm³/mol. The Morgan fingerprint density at radius 1 is 1.56 bits per heavy atom. The lowest BCUT2D eigenvalue weighted by Crippen LogP contribution is -2.51. The van der Waals surface area contributed by atoms with Gasteiger partial charge in [-0.3, -0.25) is 4.98 Å². The lowest BCUT2D eigenvalue weighted by molar-refractivity contribution is 0.0978. The van der Waals surface area contributed by atoms with E-state index in [9.17, 15) is 5.11 Å². The molecular formula is C15H24N2O. The molecule has 0 amide bonds. The molecule has 0 aromatic carbocycles. The smallest absolute Gasteiger partial charge is 0.0613 e. The summed E-state index contributed by atoms with van der Waals surface area (Å²) < 4.78 is 0. The van der Waals surface area contributed by atoms with Gasteiger partial charge in [0.25, 0.3) is 0 Å². The molecule has 2 N–H and O–H groups in total. The van der Waals surface area contributed by atoms with Crippen LogP contribution < -0.4 is 5.32 Å². The Bertz CT molecular complexity index is 394. The van der Waals surface area contributed by atoms with Crippen LogP contribution in [-0.4, -0.2) is 22.2 Å². The van der Waals surface area contributed by atoms with E-state index in [0.29, 0.717) is 5.92 Å². The van der Waals surface area contributed by atoms with Crippen LogP contribution in [0.25, 0.3) is 0 Å². The number of aliphatic hydroxyl groups is 1. The van der Waals surface area contributed by atoms with Crippen LogP contribution in [0.2, 0.25) is 0 Å². The normalized spacial score (nSPS) is 28.3. The van der Waals surface area contributed by atoms with E-state index < -0.39 is 0 Å². The van der Waals surface area contributed by atoms with Crippen LogP contribution in [0.3, 0.4) is 0 Å². The van der Waals surface area contributed by atoms with Gasteiger partial charge in [-0.15, -0.1) is 0 Å². The Kier molecular flexibility index (Phi) is 4.36. The van der Waals surface area contributed by atoms with Crippen LogP contribution in [0.5, 0.6) is 0 Å². The van der Waals surface area contributed by atoms with Crippen molar-refractivity contribution in [3.05, 3.63) is 29.6 Å². The lowest BCUT2D eigenvalue weighted by atomic mass is 9.77. The molecule has 2 atom stereocenters. The summed E-state index contributed by atoms with van der Waals surface area (Å²) in [7, 11) is 0. The molecule has 0 spiro atoms. The number of pyridine rings is 1. The summed E-state index contributed by atoms with van der Waals surface area (Å²) in [5.74, 6) is 0.697. The number of rotatable bonds is 4. The fourth-order valence-electron chi connectivity index (χ4n) is 2.99. The van der Waals surface area contributed by atoms with Crippen molar-refractivity contribution >= 4 is 0 Å². The monoisotopic (exact) mass is 248 g/mol. The molecule has 1 aromatic rings. The highest BCUT2D eigenvalue weighted by molar-refractivity contribution is 5.17. The maximum Gasteiger partial charge on any atom is 0.0613 e. The summed E-state index contributed by atoms with van der Waals surface area (Å²) in [6.07, 6.45) is 6.45. The van der Waals surface area contributed by atoms with Gasteiger partial charge in [0.15, 0.2) is 0 Å². The minimum Gasteiger partial charge on any atom is -0.394 e. The van der Waals surface area contributed by atoms with Gasteiger partial charge in [-0.2, -0.15) is 0 Å². The summed E-state index contributed by atoms with van der Waals surface area (Å²) in [5, 5.41) is 13.3. The molecule has 3 heteroatoms. The minimum atomic E-state index is -0.0956. The first-order valence-corrected chi connectivity index (χ1v) is 6.91. The van der Waals surface area contributed by atoms with E-state index in [1.165, 1.54) is 18.4 Å². The first kappa shape index (κ1) is 13.5. The Balaban J connectivity index is 2.01. The summed E-state index contributed by atoms with van der Waals surface area (Å²) in [5.41, 5.74) is 2.20. The fourth-order valence-corrected chi connectivity index (χ4v) is 2.99. The Labute approximate surface area is 110 Å². The molecule has 1 heterocycles. The van der Waals surface area contributed by atoms with Crippen molar-refractivity contribution in [3.63, 3.8) is 0 Å². The second kappa shape index (κ2) is 5.81. The van der Waals surface area contributed by atoms with E-state index in [-0.39, 0.29) is 12.1 Å². The summed E-state index contributed by atoms with van der Waals surface area (Å²) in [6.45, 7) is 5.33. The molecule has 1 aliphatic rings. The first-order chi connectivity index (χ1) is 8.65. The number of hydrogen-bond acceptors (Lipinski definition) is 3. The summed E-state index contributed by atoms with van der Waals surface area (Å²) in [4.78, 5) is 4.40. The average Bonchev–Trinajstić information content (AvgIpc) is 2.38. The molecule has 2 unspecified atom stereocenters. The molecule has 0 aliphatic heterocycles. The zero-order valence-corrected chi connectivity index (χ0v) is 11.4. The van der Waals surface area contributed by atoms with E-state index in [0.717, 1.165) is 25.1 Å². The molecule has 1 fully saturated rings. The van der Waals surface area contributed by atoms with Crippen molar-refractivity contribution in [1.82, 2.24) is 10.3 Å². The van der Waals surface area contributed by atoms with E-state index in [2.05, 4.69) is 30.2 Å². The minimum absolute atomic E-state index is 0.0956. The Morgan fingerprint density at radius 2 is 2.39 bits per heavy atom. The lowest BCUT2D eigenvalue weighted by Gasteiger charge is -2.39. The van der Waals surface area contributed by atoms with Crippen LogP contribution in [-0.2, 0) is 6.54 Å². The van der Waals surface area contributed by atoms with Crippen LogP contribution in [0.4, 0.5) is 0 Å². The van der Waals surface area contributed by atoms with E-state index in [4.69, 9.17) is 0 Å². The number of aromatic nitrogens is 1. The molecule has 3 nitrogen and oxygen atoms in total. The highest BCUT2D eigenvalue weighted by atomic mass is 16.3. The average molecular weight is 248 g/mol. The molecule has 0 saturated heterocycles. The second-order valence-corrected chi connectivity index (χ2v) is 5.76. The molecule has 18 heavy (non-hydrogen) atoms. The molecular weight excluding hydrogens is 224 g/mol. The number of aliphatic hydroxyl groups excluding tert-OH is 1. The number of hydrogen-bond donors (Lipinski definition) is 2. The second-order valence-electron chi connectivity index (χ2n) is 5.76. The van der Waals surface area contributed by atoms with Crippen molar-refractivity contribution in [3.8, 4) is 0 Å². The molecule has 1 aliphatic carbocycles. The van der Waals surface area contributed by atoms with Crippen molar-refractivity contribution in [1.29, 1.82) is 0 Å². The molecule has 1 saturated carbocycles. The standard InChI is InChI=1S/C15H24N2O/c1-12-5-3-7-15(9-12,11-18)17-10-14-13(2)6-4-8-16-14/h4,6,8,12,17-18H,3,5,7,9-11H2,1-2H3. The van der Waals surface area contributed by atoms with Gasteiger partial charge in [-0.25, -0.2) is 0 Å². The van der Waals surface area contributed by atoms with Crippen LogP contribution in [0.15, 0.2) is 18.3 Å². The largest absolute Gasteiger partial charge is 0.394 e. The van der Waals surface area contributed by atoms with Crippen LogP contribution in [0.1, 0.15) is 43.9 Å². The highest BCUT2D eigenvalue weighted by Gasteiger charge is 2.33. The number of nitrogens with one attached hydrogen (secondary N) is 1. The van der Waals surface area contributed by atoms with Crippen molar-refractivity contribution < 1.29 is 5.11 Å². The van der Waals surface area contributed by atoms with Gasteiger partial charge in [-0.1, -0.05) is 25.8 Å². The first-order valence-electron chi connectivity index (χ1n) is 6.91. The molecule has 0 radical (unpaired) electrons. The Hall–Kier alpha value is -0.930. The van der Waals surface area contributed by atoms with Crippen LogP contribution >= 0.6 is 0 Å². The molecule has 1 aromatic heterocycles. The van der Waals surface area contributed by atoms with Gasteiger partial charge in [0, 0.05) is 18.3 Å². The SMILES string of the molecule is Cc1cccnc1CNC1(CO)CCCC(C)C1. The predicted octanol–water partition coefficient (Wildman–Crippen LogP) is 2.42. The van der Waals surface area contributed by atoms with Gasteiger partial charge in [0.05, 0.1) is 12.3 Å². The Morgan fingerprint density at radius 3 is 3.06 bits per heavy atom. The van der Waals surface area contributed by atoms with Crippen molar-refractivity contribution in [2.45, 2.75) is 51.6 Å². The molecule has 2 rings (SSSR count). The quantitative estimate of drug-likeness (QED) is 0.860. The third-order valence-electron chi connectivity index (χ3n) is 4.14. The van der Waals surface area contributed by atoms with E-state index in [1.54, 1.807) is 0 Å². The maximum absolute atomic E-state index is 9.72. The zero-order chi connectivity index (χ0) is 13.0. The van der Waals surface area contributed by atoms with Gasteiger partial charge in [0.1, 0.15) is 0 Å². The number of nitrogens with zero attached hydrogens (tertiary/aromatic N) is 1. The van der Waals surface area contributed by atoms with Gasteiger partial charge >= 0.3 is 0 Å². The van der Waals surface area contributed by atoms with Crippen molar-refractivity contribution in [2.75, 3.05) is 6.61 Å². The maximum atomic E-state index is 9.72. The van der Waals surface area contributed by atoms with E-state index in [1.807, 2.05) is 12.3 Å². The van der Waals surface area contributed by atoms with Crippen molar-refractivity contribution in [2.24, 2.45) is 5.92 Å². The van der Waals surface area contributed by atoms with E-state index >= 15 is 0 Å².